The number of pyridine rings is 1. The van der Waals surface area contributed by atoms with Crippen LogP contribution in [0.2, 0.25) is 0 Å². The van der Waals surface area contributed by atoms with Crippen LogP contribution in [0.5, 0.6) is 5.88 Å². The molecule has 1 amide bonds. The second kappa shape index (κ2) is 5.77. The lowest BCUT2D eigenvalue weighted by molar-refractivity contribution is -0.119. The predicted octanol–water partition coefficient (Wildman–Crippen LogP) is 0.777. The van der Waals surface area contributed by atoms with Crippen molar-refractivity contribution in [3.63, 3.8) is 0 Å². The van der Waals surface area contributed by atoms with E-state index in [1.165, 1.54) is 0 Å². The highest BCUT2D eigenvalue weighted by molar-refractivity contribution is 5.73. The second-order valence-electron chi connectivity index (χ2n) is 4.73. The van der Waals surface area contributed by atoms with E-state index in [2.05, 4.69) is 15.2 Å². The fourth-order valence-electron chi connectivity index (χ4n) is 2.32. The van der Waals surface area contributed by atoms with Gasteiger partial charge in [0, 0.05) is 26.1 Å². The molecule has 0 radical (unpaired) electrons. The fourth-order valence-corrected chi connectivity index (χ4v) is 2.32. The Kier molecular flexibility index (Phi) is 4.09. The number of ether oxygens (including phenoxy) is 1. The molecule has 0 spiro atoms. The second-order valence-corrected chi connectivity index (χ2v) is 4.73. The van der Waals surface area contributed by atoms with E-state index in [1.54, 1.807) is 20.1 Å². The summed E-state index contributed by atoms with van der Waals surface area (Å²) < 4.78 is 5.13. The van der Waals surface area contributed by atoms with Gasteiger partial charge in [-0.15, -0.1) is 0 Å². The van der Waals surface area contributed by atoms with E-state index in [0.717, 1.165) is 31.7 Å². The van der Waals surface area contributed by atoms with Gasteiger partial charge in [0.25, 0.3) is 0 Å². The molecule has 1 aromatic heterocycles. The largest absolute Gasteiger partial charge is 0.479 e. The van der Waals surface area contributed by atoms with E-state index >= 15 is 0 Å². The SMILES string of the molecule is COc1nc(N2CCC(NC(C)=O)CC2)ccc1N. The molecule has 104 valence electrons. The Morgan fingerprint density at radius 1 is 1.47 bits per heavy atom. The lowest BCUT2D eigenvalue weighted by Crippen LogP contribution is -2.44. The summed E-state index contributed by atoms with van der Waals surface area (Å²) in [6, 6.07) is 3.97. The summed E-state index contributed by atoms with van der Waals surface area (Å²) in [7, 11) is 1.56. The summed E-state index contributed by atoms with van der Waals surface area (Å²) in [6.45, 7) is 3.29. The van der Waals surface area contributed by atoms with Crippen LogP contribution in [0.4, 0.5) is 11.5 Å². The molecule has 1 saturated heterocycles. The molecule has 0 unspecified atom stereocenters. The summed E-state index contributed by atoms with van der Waals surface area (Å²) >= 11 is 0. The summed E-state index contributed by atoms with van der Waals surface area (Å²) in [5.74, 6) is 1.36. The van der Waals surface area contributed by atoms with Gasteiger partial charge in [-0.2, -0.15) is 4.98 Å². The average molecular weight is 264 g/mol. The van der Waals surface area contributed by atoms with Crippen molar-refractivity contribution in [3.8, 4) is 5.88 Å². The fraction of sp³-hybridized carbons (Fsp3) is 0.538. The van der Waals surface area contributed by atoms with Crippen molar-refractivity contribution < 1.29 is 9.53 Å². The summed E-state index contributed by atoms with van der Waals surface area (Å²) in [5.41, 5.74) is 6.29. The number of nitrogens with two attached hydrogens (primary N) is 1. The Balaban J connectivity index is 1.99. The topological polar surface area (TPSA) is 80.5 Å². The van der Waals surface area contributed by atoms with Crippen LogP contribution in [0.1, 0.15) is 19.8 Å². The highest BCUT2D eigenvalue weighted by Crippen LogP contribution is 2.24. The summed E-state index contributed by atoms with van der Waals surface area (Å²) in [5, 5.41) is 2.95. The van der Waals surface area contributed by atoms with E-state index < -0.39 is 0 Å². The van der Waals surface area contributed by atoms with Crippen LogP contribution in [0.3, 0.4) is 0 Å². The van der Waals surface area contributed by atoms with Crippen molar-refractivity contribution in [3.05, 3.63) is 12.1 Å². The van der Waals surface area contributed by atoms with Crippen LogP contribution in [-0.2, 0) is 4.79 Å². The minimum Gasteiger partial charge on any atom is -0.479 e. The number of nitrogens with zero attached hydrogens (tertiary/aromatic N) is 2. The van der Waals surface area contributed by atoms with E-state index in [-0.39, 0.29) is 11.9 Å². The first-order valence-electron chi connectivity index (χ1n) is 6.42. The quantitative estimate of drug-likeness (QED) is 0.843. The maximum atomic E-state index is 11.0. The van der Waals surface area contributed by atoms with Crippen molar-refractivity contribution >= 4 is 17.4 Å². The lowest BCUT2D eigenvalue weighted by atomic mass is 10.1. The molecule has 6 nitrogen and oxygen atoms in total. The Labute approximate surface area is 112 Å². The first-order valence-corrected chi connectivity index (χ1v) is 6.42. The zero-order chi connectivity index (χ0) is 13.8. The van der Waals surface area contributed by atoms with Gasteiger partial charge in [-0.1, -0.05) is 0 Å². The Morgan fingerprint density at radius 2 is 2.16 bits per heavy atom. The molecule has 2 heterocycles. The molecular weight excluding hydrogens is 244 g/mol. The van der Waals surface area contributed by atoms with Gasteiger partial charge < -0.3 is 20.7 Å². The van der Waals surface area contributed by atoms with Crippen molar-refractivity contribution in [1.29, 1.82) is 0 Å². The third-order valence-corrected chi connectivity index (χ3v) is 3.29. The molecule has 0 atom stereocenters. The Hall–Kier alpha value is -1.98. The highest BCUT2D eigenvalue weighted by Gasteiger charge is 2.21. The minimum absolute atomic E-state index is 0.0331. The van der Waals surface area contributed by atoms with Gasteiger partial charge in [-0.3, -0.25) is 4.79 Å². The number of methoxy groups -OCH3 is 1. The zero-order valence-corrected chi connectivity index (χ0v) is 11.3. The first-order chi connectivity index (χ1) is 9.10. The molecule has 3 N–H and O–H groups in total. The number of amides is 1. The maximum Gasteiger partial charge on any atom is 0.238 e. The maximum absolute atomic E-state index is 11.0. The van der Waals surface area contributed by atoms with Crippen LogP contribution < -0.4 is 20.7 Å². The van der Waals surface area contributed by atoms with E-state index in [9.17, 15) is 4.79 Å². The van der Waals surface area contributed by atoms with Crippen LogP contribution in [-0.4, -0.2) is 37.1 Å². The standard InChI is InChI=1S/C13H20N4O2/c1-9(18)15-10-5-7-17(8-6-10)12-4-3-11(14)13(16-12)19-2/h3-4,10H,5-8,14H2,1-2H3,(H,15,18). The number of piperidine rings is 1. The molecule has 1 aromatic rings. The van der Waals surface area contributed by atoms with Crippen molar-refractivity contribution in [2.45, 2.75) is 25.8 Å². The molecule has 1 aliphatic heterocycles. The number of rotatable bonds is 3. The van der Waals surface area contributed by atoms with Gasteiger partial charge in [-0.05, 0) is 25.0 Å². The van der Waals surface area contributed by atoms with Gasteiger partial charge in [0.15, 0.2) is 0 Å². The molecule has 0 aromatic carbocycles. The predicted molar refractivity (Wildman–Crippen MR) is 74.3 cm³/mol. The first kappa shape index (κ1) is 13.5. The molecule has 19 heavy (non-hydrogen) atoms. The Bertz CT molecular complexity index is 456. The minimum atomic E-state index is 0.0331. The summed E-state index contributed by atoms with van der Waals surface area (Å²) in [6.07, 6.45) is 1.85. The van der Waals surface area contributed by atoms with Crippen LogP contribution in [0, 0.1) is 0 Å². The normalized spacial score (nSPS) is 16.2. The summed E-state index contributed by atoms with van der Waals surface area (Å²) in [4.78, 5) is 17.6. The molecular formula is C13H20N4O2. The van der Waals surface area contributed by atoms with Gasteiger partial charge in [-0.25, -0.2) is 0 Å². The van der Waals surface area contributed by atoms with Gasteiger partial charge >= 0.3 is 0 Å². The van der Waals surface area contributed by atoms with Crippen molar-refractivity contribution in [2.24, 2.45) is 0 Å². The Morgan fingerprint density at radius 3 is 2.74 bits per heavy atom. The average Bonchev–Trinajstić information content (AvgIpc) is 2.40. The van der Waals surface area contributed by atoms with E-state index in [4.69, 9.17) is 10.5 Å². The smallest absolute Gasteiger partial charge is 0.238 e. The zero-order valence-electron chi connectivity index (χ0n) is 11.3. The third kappa shape index (κ3) is 3.27. The van der Waals surface area contributed by atoms with Gasteiger partial charge in [0.2, 0.25) is 11.8 Å². The van der Waals surface area contributed by atoms with Crippen LogP contribution in [0.15, 0.2) is 12.1 Å². The van der Waals surface area contributed by atoms with Crippen LogP contribution in [0.25, 0.3) is 0 Å². The molecule has 2 rings (SSSR count). The number of carbonyl (C=O) groups excluding carboxylic acids is 1. The van der Waals surface area contributed by atoms with Crippen molar-refractivity contribution in [1.82, 2.24) is 10.3 Å². The number of carbonyl (C=O) groups is 1. The number of hydrogen-bond donors (Lipinski definition) is 2. The number of hydrogen-bond acceptors (Lipinski definition) is 5. The van der Waals surface area contributed by atoms with Gasteiger partial charge in [0.1, 0.15) is 5.82 Å². The third-order valence-electron chi connectivity index (χ3n) is 3.29. The van der Waals surface area contributed by atoms with Crippen molar-refractivity contribution in [2.75, 3.05) is 30.8 Å². The number of aromatic nitrogens is 1. The van der Waals surface area contributed by atoms with Gasteiger partial charge in [0.05, 0.1) is 12.8 Å². The molecule has 0 aliphatic carbocycles. The molecule has 0 saturated carbocycles. The number of nitrogens with one attached hydrogen (secondary N) is 1. The number of anilines is 2. The van der Waals surface area contributed by atoms with E-state index in [1.807, 2.05) is 6.07 Å². The number of nitrogen functional groups attached to an aromatic ring is 1. The molecule has 1 fully saturated rings. The van der Waals surface area contributed by atoms with E-state index in [0.29, 0.717) is 11.6 Å². The molecule has 1 aliphatic rings. The highest BCUT2D eigenvalue weighted by atomic mass is 16.5. The van der Waals surface area contributed by atoms with Crippen LogP contribution >= 0.6 is 0 Å². The molecule has 0 bridgehead atoms. The lowest BCUT2D eigenvalue weighted by Gasteiger charge is -2.33. The molecule has 6 heteroatoms. The monoisotopic (exact) mass is 264 g/mol.